The van der Waals surface area contributed by atoms with Crippen LogP contribution in [-0.4, -0.2) is 30.4 Å². The molecule has 1 heterocycles. The molecule has 3 unspecified atom stereocenters. The summed E-state index contributed by atoms with van der Waals surface area (Å²) in [4.78, 5) is 14.9. The Morgan fingerprint density at radius 3 is 2.95 bits per heavy atom. The first kappa shape index (κ1) is 13.6. The average molecular weight is 305 g/mol. The molecular formula is C17H21ClN2O. The maximum absolute atomic E-state index is 12.8. The summed E-state index contributed by atoms with van der Waals surface area (Å²) in [7, 11) is 0. The molecule has 1 saturated heterocycles. The van der Waals surface area contributed by atoms with Gasteiger partial charge in [-0.25, -0.2) is 0 Å². The Balaban J connectivity index is 1.52. The van der Waals surface area contributed by atoms with Gasteiger partial charge in [-0.15, -0.1) is 0 Å². The van der Waals surface area contributed by atoms with E-state index in [2.05, 4.69) is 16.3 Å². The monoisotopic (exact) mass is 304 g/mol. The number of amides is 1. The van der Waals surface area contributed by atoms with Gasteiger partial charge in [0.05, 0.1) is 6.04 Å². The molecule has 0 spiro atoms. The number of nitrogens with zero attached hydrogens (tertiary/aromatic N) is 1. The number of rotatable bonds is 3. The molecule has 3 fully saturated rings. The number of carbonyl (C=O) groups is 1. The van der Waals surface area contributed by atoms with E-state index in [1.54, 1.807) is 0 Å². The smallest absolute Gasteiger partial charge is 0.226 e. The predicted octanol–water partition coefficient (Wildman–Crippen LogP) is 2.86. The first-order valence-electron chi connectivity index (χ1n) is 8.00. The fourth-order valence-electron chi connectivity index (χ4n) is 3.74. The number of hydrogen-bond donors (Lipinski definition) is 1. The van der Waals surface area contributed by atoms with Crippen LogP contribution in [0.2, 0.25) is 5.02 Å². The minimum Gasteiger partial charge on any atom is -0.333 e. The second-order valence-corrected chi connectivity index (χ2v) is 7.09. The lowest BCUT2D eigenvalue weighted by molar-refractivity contribution is -0.136. The van der Waals surface area contributed by atoms with Gasteiger partial charge in [-0.1, -0.05) is 23.7 Å². The van der Waals surface area contributed by atoms with Crippen LogP contribution >= 0.6 is 11.6 Å². The molecule has 2 aliphatic carbocycles. The molecule has 1 N–H and O–H groups in total. The van der Waals surface area contributed by atoms with Crippen LogP contribution in [0.3, 0.4) is 0 Å². The van der Waals surface area contributed by atoms with Gasteiger partial charge in [-0.05, 0) is 48.8 Å². The summed E-state index contributed by atoms with van der Waals surface area (Å²) < 4.78 is 0. The van der Waals surface area contributed by atoms with Crippen LogP contribution in [0.5, 0.6) is 0 Å². The number of carbonyl (C=O) groups excluding carboxylic acids is 1. The molecule has 3 aliphatic rings. The minimum absolute atomic E-state index is 0.130. The fourth-order valence-corrected chi connectivity index (χ4v) is 3.94. The lowest BCUT2D eigenvalue weighted by Gasteiger charge is -2.37. The van der Waals surface area contributed by atoms with Crippen molar-refractivity contribution in [3.05, 3.63) is 34.9 Å². The van der Waals surface area contributed by atoms with Crippen molar-refractivity contribution < 1.29 is 4.79 Å². The lowest BCUT2D eigenvalue weighted by atomic mass is 10.0. The van der Waals surface area contributed by atoms with E-state index in [0.29, 0.717) is 17.7 Å². The summed E-state index contributed by atoms with van der Waals surface area (Å²) in [6.45, 7) is 2.53. The SMILES string of the molecule is O=C(C1CC1C1CC1)N1CCNCC1c1cccc(Cl)c1. The number of hydrogen-bond acceptors (Lipinski definition) is 2. The van der Waals surface area contributed by atoms with Gasteiger partial charge in [-0.3, -0.25) is 4.79 Å². The average Bonchev–Trinajstić information content (AvgIpc) is 3.38. The standard InChI is InChI=1S/C17H21ClN2O/c18-13-3-1-2-12(8-13)16-10-19-6-7-20(16)17(21)15-9-14(15)11-4-5-11/h1-3,8,11,14-16,19H,4-7,9-10H2. The summed E-state index contributed by atoms with van der Waals surface area (Å²) in [5.74, 6) is 2.22. The normalized spacial score (nSPS) is 32.0. The summed E-state index contributed by atoms with van der Waals surface area (Å²) in [6.07, 6.45) is 3.80. The summed E-state index contributed by atoms with van der Waals surface area (Å²) in [6, 6.07) is 8.06. The van der Waals surface area contributed by atoms with E-state index in [1.165, 1.54) is 12.8 Å². The van der Waals surface area contributed by atoms with E-state index in [1.807, 2.05) is 18.2 Å². The lowest BCUT2D eigenvalue weighted by Crippen LogP contribution is -2.49. The van der Waals surface area contributed by atoms with E-state index < -0.39 is 0 Å². The van der Waals surface area contributed by atoms with Crippen molar-refractivity contribution >= 4 is 17.5 Å². The van der Waals surface area contributed by atoms with Gasteiger partial charge >= 0.3 is 0 Å². The highest BCUT2D eigenvalue weighted by molar-refractivity contribution is 6.30. The molecule has 1 aliphatic heterocycles. The van der Waals surface area contributed by atoms with Gasteiger partial charge in [0.25, 0.3) is 0 Å². The second-order valence-electron chi connectivity index (χ2n) is 6.65. The first-order chi connectivity index (χ1) is 10.2. The van der Waals surface area contributed by atoms with E-state index in [0.717, 1.165) is 42.6 Å². The summed E-state index contributed by atoms with van der Waals surface area (Å²) in [5.41, 5.74) is 1.15. The zero-order chi connectivity index (χ0) is 14.4. The van der Waals surface area contributed by atoms with Crippen LogP contribution in [0.15, 0.2) is 24.3 Å². The van der Waals surface area contributed by atoms with Gasteiger partial charge in [-0.2, -0.15) is 0 Å². The third-order valence-electron chi connectivity index (χ3n) is 5.14. The molecule has 0 aromatic heterocycles. The maximum atomic E-state index is 12.8. The van der Waals surface area contributed by atoms with Crippen molar-refractivity contribution in [2.24, 2.45) is 17.8 Å². The number of benzene rings is 1. The molecular weight excluding hydrogens is 284 g/mol. The molecule has 4 rings (SSSR count). The fraction of sp³-hybridized carbons (Fsp3) is 0.588. The highest BCUT2D eigenvalue weighted by Crippen LogP contribution is 2.55. The Labute approximate surface area is 130 Å². The van der Waals surface area contributed by atoms with Crippen LogP contribution in [0.1, 0.15) is 30.9 Å². The molecule has 0 bridgehead atoms. The molecule has 4 heteroatoms. The van der Waals surface area contributed by atoms with Crippen molar-refractivity contribution in [2.45, 2.75) is 25.3 Å². The second kappa shape index (κ2) is 5.29. The predicted molar refractivity (Wildman–Crippen MR) is 83.1 cm³/mol. The van der Waals surface area contributed by atoms with Crippen molar-refractivity contribution in [3.8, 4) is 0 Å². The summed E-state index contributed by atoms with van der Waals surface area (Å²) in [5, 5.41) is 4.15. The van der Waals surface area contributed by atoms with Crippen LogP contribution in [-0.2, 0) is 4.79 Å². The third kappa shape index (κ3) is 2.69. The van der Waals surface area contributed by atoms with Gasteiger partial charge in [0.15, 0.2) is 0 Å². The van der Waals surface area contributed by atoms with Gasteiger partial charge in [0.1, 0.15) is 0 Å². The van der Waals surface area contributed by atoms with Gasteiger partial charge in [0, 0.05) is 30.6 Å². The van der Waals surface area contributed by atoms with Gasteiger partial charge < -0.3 is 10.2 Å². The topological polar surface area (TPSA) is 32.3 Å². The van der Waals surface area contributed by atoms with E-state index in [9.17, 15) is 4.79 Å². The van der Waals surface area contributed by atoms with Crippen LogP contribution in [0.4, 0.5) is 0 Å². The molecule has 0 radical (unpaired) electrons. The van der Waals surface area contributed by atoms with Crippen molar-refractivity contribution in [2.75, 3.05) is 19.6 Å². The molecule has 1 aromatic rings. The molecule has 3 nitrogen and oxygen atoms in total. The van der Waals surface area contributed by atoms with Crippen molar-refractivity contribution in [1.82, 2.24) is 10.2 Å². The Bertz CT molecular complexity index is 557. The Morgan fingerprint density at radius 2 is 2.19 bits per heavy atom. The Kier molecular flexibility index (Phi) is 3.43. The van der Waals surface area contributed by atoms with Crippen LogP contribution in [0.25, 0.3) is 0 Å². The zero-order valence-electron chi connectivity index (χ0n) is 12.1. The first-order valence-corrected chi connectivity index (χ1v) is 8.38. The highest BCUT2D eigenvalue weighted by atomic mass is 35.5. The quantitative estimate of drug-likeness (QED) is 0.931. The van der Waals surface area contributed by atoms with Crippen LogP contribution in [0, 0.1) is 17.8 Å². The molecule has 112 valence electrons. The van der Waals surface area contributed by atoms with Crippen molar-refractivity contribution in [3.63, 3.8) is 0 Å². The molecule has 1 aromatic carbocycles. The zero-order valence-corrected chi connectivity index (χ0v) is 12.9. The number of piperazine rings is 1. The molecule has 3 atom stereocenters. The van der Waals surface area contributed by atoms with E-state index in [-0.39, 0.29) is 6.04 Å². The third-order valence-corrected chi connectivity index (χ3v) is 5.38. The maximum Gasteiger partial charge on any atom is 0.226 e. The Morgan fingerprint density at radius 1 is 1.33 bits per heavy atom. The number of halogens is 1. The van der Waals surface area contributed by atoms with E-state index in [4.69, 9.17) is 11.6 Å². The molecule has 2 saturated carbocycles. The Hall–Kier alpha value is -1.06. The van der Waals surface area contributed by atoms with Gasteiger partial charge in [0.2, 0.25) is 5.91 Å². The highest BCUT2D eigenvalue weighted by Gasteiger charge is 2.52. The van der Waals surface area contributed by atoms with Crippen molar-refractivity contribution in [1.29, 1.82) is 0 Å². The van der Waals surface area contributed by atoms with Crippen LogP contribution < -0.4 is 5.32 Å². The van der Waals surface area contributed by atoms with E-state index >= 15 is 0 Å². The summed E-state index contributed by atoms with van der Waals surface area (Å²) >= 11 is 6.12. The largest absolute Gasteiger partial charge is 0.333 e. The minimum atomic E-state index is 0.130. The molecule has 1 amide bonds. The molecule has 21 heavy (non-hydrogen) atoms. The number of nitrogens with one attached hydrogen (secondary N) is 1.